The summed E-state index contributed by atoms with van der Waals surface area (Å²) in [4.78, 5) is 14.4. The summed E-state index contributed by atoms with van der Waals surface area (Å²) in [6, 6.07) is 12.0. The molecule has 1 saturated heterocycles. The lowest BCUT2D eigenvalue weighted by atomic mass is 10.1. The molecule has 3 rings (SSSR count). The van der Waals surface area contributed by atoms with Crippen LogP contribution >= 0.6 is 0 Å². The highest BCUT2D eigenvalue weighted by Crippen LogP contribution is 2.21. The summed E-state index contributed by atoms with van der Waals surface area (Å²) in [5, 5.41) is 2.62. The Bertz CT molecular complexity index is 856. The monoisotopic (exact) mass is 377 g/mol. The van der Waals surface area contributed by atoms with Crippen LogP contribution in [0, 0.1) is 0 Å². The Labute approximate surface area is 153 Å². The molecule has 1 unspecified atom stereocenters. The molecule has 140 valence electrons. The number of sulfonamides is 1. The van der Waals surface area contributed by atoms with E-state index in [-0.39, 0.29) is 16.9 Å². The molecule has 1 aromatic heterocycles. The van der Waals surface area contributed by atoms with Crippen molar-refractivity contribution in [1.82, 2.24) is 14.5 Å². The van der Waals surface area contributed by atoms with Crippen LogP contribution in [0.1, 0.15) is 29.1 Å². The minimum atomic E-state index is -3.72. The first-order chi connectivity index (χ1) is 12.4. The van der Waals surface area contributed by atoms with Crippen molar-refractivity contribution in [1.29, 1.82) is 0 Å². The van der Waals surface area contributed by atoms with Crippen molar-refractivity contribution < 1.29 is 17.6 Å². The number of nitrogens with zero attached hydrogens (tertiary/aromatic N) is 2. The molecule has 1 atom stereocenters. The fraction of sp³-hybridized carbons (Fsp3) is 0.389. The SMILES string of the molecule is CC(NC(=O)c1ccc(S(=O)(=O)N2CCN(C)CC2)o1)c1ccccc1. The number of benzene rings is 1. The Morgan fingerprint density at radius 3 is 2.38 bits per heavy atom. The fourth-order valence-electron chi connectivity index (χ4n) is 2.83. The molecule has 1 aromatic carbocycles. The van der Waals surface area contributed by atoms with Gasteiger partial charge in [-0.25, -0.2) is 8.42 Å². The van der Waals surface area contributed by atoms with E-state index in [2.05, 4.69) is 10.2 Å². The molecule has 1 amide bonds. The average molecular weight is 377 g/mol. The number of carbonyl (C=O) groups is 1. The quantitative estimate of drug-likeness (QED) is 0.858. The largest absolute Gasteiger partial charge is 0.438 e. The minimum Gasteiger partial charge on any atom is -0.438 e. The first-order valence-corrected chi connectivity index (χ1v) is 9.96. The van der Waals surface area contributed by atoms with Gasteiger partial charge in [0.05, 0.1) is 6.04 Å². The molecular formula is C18H23N3O4S. The molecule has 8 heteroatoms. The third kappa shape index (κ3) is 3.98. The summed E-state index contributed by atoms with van der Waals surface area (Å²) in [5.74, 6) is -0.457. The highest BCUT2D eigenvalue weighted by molar-refractivity contribution is 7.89. The van der Waals surface area contributed by atoms with Gasteiger partial charge in [-0.1, -0.05) is 30.3 Å². The van der Waals surface area contributed by atoms with Crippen LogP contribution in [-0.2, 0) is 10.0 Å². The highest BCUT2D eigenvalue weighted by atomic mass is 32.2. The van der Waals surface area contributed by atoms with E-state index < -0.39 is 15.9 Å². The smallest absolute Gasteiger partial charge is 0.287 e. The lowest BCUT2D eigenvalue weighted by Crippen LogP contribution is -2.46. The second-order valence-electron chi connectivity index (χ2n) is 6.43. The number of rotatable bonds is 5. The van der Waals surface area contributed by atoms with E-state index in [4.69, 9.17) is 4.42 Å². The van der Waals surface area contributed by atoms with Crippen molar-refractivity contribution in [2.45, 2.75) is 18.1 Å². The average Bonchev–Trinajstić information content (AvgIpc) is 3.14. The zero-order valence-corrected chi connectivity index (χ0v) is 15.7. The molecule has 1 fully saturated rings. The minimum absolute atomic E-state index is 0.0134. The first-order valence-electron chi connectivity index (χ1n) is 8.52. The molecule has 0 radical (unpaired) electrons. The van der Waals surface area contributed by atoms with Crippen molar-refractivity contribution >= 4 is 15.9 Å². The van der Waals surface area contributed by atoms with Gasteiger partial charge in [-0.3, -0.25) is 4.79 Å². The second-order valence-corrected chi connectivity index (χ2v) is 8.30. The third-order valence-corrected chi connectivity index (χ3v) is 6.28. The van der Waals surface area contributed by atoms with Crippen molar-refractivity contribution in [3.63, 3.8) is 0 Å². The predicted octanol–water partition coefficient (Wildman–Crippen LogP) is 1.71. The van der Waals surface area contributed by atoms with E-state index in [0.717, 1.165) is 5.56 Å². The van der Waals surface area contributed by atoms with E-state index in [1.807, 2.05) is 44.3 Å². The Kier molecular flexibility index (Phi) is 5.45. The Balaban J connectivity index is 1.70. The Morgan fingerprint density at radius 1 is 1.08 bits per heavy atom. The molecular weight excluding hydrogens is 354 g/mol. The van der Waals surface area contributed by atoms with Gasteiger partial charge in [-0.2, -0.15) is 4.31 Å². The van der Waals surface area contributed by atoms with Crippen LogP contribution < -0.4 is 5.32 Å². The Morgan fingerprint density at radius 2 is 1.73 bits per heavy atom. The van der Waals surface area contributed by atoms with Gasteiger partial charge in [0, 0.05) is 26.2 Å². The maximum Gasteiger partial charge on any atom is 0.287 e. The molecule has 7 nitrogen and oxygen atoms in total. The molecule has 2 heterocycles. The highest BCUT2D eigenvalue weighted by Gasteiger charge is 2.31. The number of hydrogen-bond donors (Lipinski definition) is 1. The number of furan rings is 1. The van der Waals surface area contributed by atoms with Crippen LogP contribution in [0.4, 0.5) is 0 Å². The van der Waals surface area contributed by atoms with E-state index in [9.17, 15) is 13.2 Å². The summed E-state index contributed by atoms with van der Waals surface area (Å²) < 4.78 is 32.1. The molecule has 0 spiro atoms. The van der Waals surface area contributed by atoms with Gasteiger partial charge in [0.15, 0.2) is 5.76 Å². The first kappa shape index (κ1) is 18.6. The van der Waals surface area contributed by atoms with Gasteiger partial charge >= 0.3 is 0 Å². The maximum atomic E-state index is 12.7. The summed E-state index contributed by atoms with van der Waals surface area (Å²) >= 11 is 0. The van der Waals surface area contributed by atoms with Crippen LogP contribution in [0.25, 0.3) is 0 Å². The van der Waals surface area contributed by atoms with Crippen molar-refractivity contribution in [2.75, 3.05) is 33.2 Å². The van der Waals surface area contributed by atoms with Crippen LogP contribution in [-0.4, -0.2) is 56.8 Å². The summed E-state index contributed by atoms with van der Waals surface area (Å²) in [6.45, 7) is 4.01. The molecule has 0 saturated carbocycles. The number of nitrogens with one attached hydrogen (secondary N) is 1. The second kappa shape index (κ2) is 7.61. The van der Waals surface area contributed by atoms with Gasteiger partial charge < -0.3 is 14.6 Å². The molecule has 1 N–H and O–H groups in total. The zero-order valence-electron chi connectivity index (χ0n) is 14.9. The molecule has 26 heavy (non-hydrogen) atoms. The van der Waals surface area contributed by atoms with Gasteiger partial charge in [0.1, 0.15) is 0 Å². The van der Waals surface area contributed by atoms with E-state index in [1.165, 1.54) is 16.4 Å². The molecule has 0 bridgehead atoms. The molecule has 1 aliphatic heterocycles. The van der Waals surface area contributed by atoms with Crippen molar-refractivity contribution in [3.05, 3.63) is 53.8 Å². The topological polar surface area (TPSA) is 82.9 Å². The summed E-state index contributed by atoms with van der Waals surface area (Å²) in [7, 11) is -1.77. The molecule has 0 aliphatic carbocycles. The molecule has 2 aromatic rings. The van der Waals surface area contributed by atoms with Gasteiger partial charge in [0.25, 0.3) is 15.9 Å². The number of carbonyl (C=O) groups excluding carboxylic acids is 1. The normalized spacial score (nSPS) is 17.8. The zero-order chi connectivity index (χ0) is 18.7. The Hall–Kier alpha value is -2.16. The van der Waals surface area contributed by atoms with Gasteiger partial charge in [0.2, 0.25) is 5.09 Å². The van der Waals surface area contributed by atoms with E-state index in [0.29, 0.717) is 26.2 Å². The summed E-state index contributed by atoms with van der Waals surface area (Å²) in [6.07, 6.45) is 0. The lowest BCUT2D eigenvalue weighted by molar-refractivity contribution is 0.0906. The number of piperazine rings is 1. The fourth-order valence-corrected chi connectivity index (χ4v) is 4.16. The summed E-state index contributed by atoms with van der Waals surface area (Å²) in [5.41, 5.74) is 0.956. The van der Waals surface area contributed by atoms with Crippen LogP contribution in [0.2, 0.25) is 0 Å². The number of amides is 1. The predicted molar refractivity (Wildman–Crippen MR) is 97.3 cm³/mol. The number of likely N-dealkylation sites (N-methyl/N-ethyl adjacent to an activating group) is 1. The van der Waals surface area contributed by atoms with Gasteiger partial charge in [-0.15, -0.1) is 0 Å². The van der Waals surface area contributed by atoms with E-state index >= 15 is 0 Å². The van der Waals surface area contributed by atoms with Gasteiger partial charge in [-0.05, 0) is 31.7 Å². The van der Waals surface area contributed by atoms with E-state index in [1.54, 1.807) is 0 Å². The molecule has 1 aliphatic rings. The standard InChI is InChI=1S/C18H23N3O4S/c1-14(15-6-4-3-5-7-15)19-18(22)16-8-9-17(25-16)26(23,24)21-12-10-20(2)11-13-21/h3-9,14H,10-13H2,1-2H3,(H,19,22). The number of hydrogen-bond acceptors (Lipinski definition) is 5. The van der Waals surface area contributed by atoms with Crippen molar-refractivity contribution in [3.8, 4) is 0 Å². The third-order valence-electron chi connectivity index (χ3n) is 4.51. The lowest BCUT2D eigenvalue weighted by Gasteiger charge is -2.30. The van der Waals surface area contributed by atoms with Crippen LogP contribution in [0.3, 0.4) is 0 Å². The van der Waals surface area contributed by atoms with Crippen molar-refractivity contribution in [2.24, 2.45) is 0 Å². The van der Waals surface area contributed by atoms with Crippen LogP contribution in [0.15, 0.2) is 52.0 Å². The maximum absolute atomic E-state index is 12.7. The van der Waals surface area contributed by atoms with Crippen LogP contribution in [0.5, 0.6) is 0 Å².